The Kier molecular flexibility index (Phi) is 4.02. The summed E-state index contributed by atoms with van der Waals surface area (Å²) in [7, 11) is 0. The van der Waals surface area contributed by atoms with Crippen molar-refractivity contribution in [1.82, 2.24) is 10.3 Å². The summed E-state index contributed by atoms with van der Waals surface area (Å²) in [6.07, 6.45) is 12.1. The van der Waals surface area contributed by atoms with Gasteiger partial charge >= 0.3 is 0 Å². The van der Waals surface area contributed by atoms with Gasteiger partial charge in [0.25, 0.3) is 0 Å². The van der Waals surface area contributed by atoms with Crippen LogP contribution in [0.1, 0.15) is 54.3 Å². The van der Waals surface area contributed by atoms with Gasteiger partial charge < -0.3 is 5.32 Å². The van der Waals surface area contributed by atoms with E-state index in [0.29, 0.717) is 31.7 Å². The number of aromatic nitrogens is 1. The van der Waals surface area contributed by atoms with E-state index >= 15 is 0 Å². The van der Waals surface area contributed by atoms with E-state index in [4.69, 9.17) is 6.42 Å². The van der Waals surface area contributed by atoms with Crippen LogP contribution in [-0.2, 0) is 11.3 Å². The van der Waals surface area contributed by atoms with Crippen molar-refractivity contribution in [2.24, 2.45) is 10.2 Å². The molecule has 0 bridgehead atoms. The predicted octanol–water partition coefficient (Wildman–Crippen LogP) is 2.99. The highest BCUT2D eigenvalue weighted by Gasteiger charge is 2.39. The molecule has 1 saturated carbocycles. The van der Waals surface area contributed by atoms with Gasteiger partial charge in [-0.2, -0.15) is 10.2 Å². The molecule has 3 rings (SSSR count). The monoisotopic (exact) mass is 302 g/mol. The number of nitrogens with one attached hydrogen (secondary N) is 1. The van der Waals surface area contributed by atoms with Crippen LogP contribution in [-0.4, -0.2) is 16.6 Å². The molecule has 1 amide bonds. The quantitative estimate of drug-likeness (QED) is 0.750. The van der Waals surface area contributed by atoms with Gasteiger partial charge in [0.1, 0.15) is 0 Å². The zero-order valence-electron chi connectivity index (χ0n) is 11.8. The first-order valence-corrected chi connectivity index (χ1v) is 8.11. The fourth-order valence-electron chi connectivity index (χ4n) is 2.18. The lowest BCUT2D eigenvalue weighted by atomic mass is 10.0. The Morgan fingerprint density at radius 3 is 2.95 bits per heavy atom. The maximum Gasteiger partial charge on any atom is 0.220 e. The van der Waals surface area contributed by atoms with Gasteiger partial charge in [-0.25, -0.2) is 4.98 Å². The summed E-state index contributed by atoms with van der Waals surface area (Å²) in [5, 5.41) is 12.2. The Bertz CT molecular complexity index is 591. The molecule has 0 spiro atoms. The van der Waals surface area contributed by atoms with E-state index in [9.17, 15) is 4.79 Å². The third kappa shape index (κ3) is 3.88. The summed E-state index contributed by atoms with van der Waals surface area (Å²) >= 11 is 1.71. The van der Waals surface area contributed by atoms with Crippen LogP contribution in [0.15, 0.2) is 16.4 Å². The Hall–Kier alpha value is -1.74. The summed E-state index contributed by atoms with van der Waals surface area (Å²) < 4.78 is 0. The molecule has 0 aromatic carbocycles. The molecule has 0 unspecified atom stereocenters. The van der Waals surface area contributed by atoms with E-state index in [-0.39, 0.29) is 11.6 Å². The van der Waals surface area contributed by atoms with Gasteiger partial charge in [-0.05, 0) is 12.8 Å². The summed E-state index contributed by atoms with van der Waals surface area (Å²) in [4.78, 5) is 17.4. The second kappa shape index (κ2) is 5.94. The molecular formula is C15H18N4OS. The summed E-state index contributed by atoms with van der Waals surface area (Å²) in [6.45, 7) is 0.564. The van der Waals surface area contributed by atoms with Crippen LogP contribution in [0.4, 0.5) is 0 Å². The average Bonchev–Trinajstić information content (AvgIpc) is 3.42. The van der Waals surface area contributed by atoms with E-state index in [1.807, 2.05) is 6.20 Å². The number of carbonyl (C=O) groups excluding carboxylic acids is 1. The lowest BCUT2D eigenvalue weighted by Crippen LogP contribution is -2.24. The summed E-state index contributed by atoms with van der Waals surface area (Å²) in [5.74, 6) is 3.30. The minimum absolute atomic E-state index is 0.0359. The van der Waals surface area contributed by atoms with E-state index < -0.39 is 0 Å². The topological polar surface area (TPSA) is 66.7 Å². The molecule has 0 saturated heterocycles. The van der Waals surface area contributed by atoms with Crippen molar-refractivity contribution in [1.29, 1.82) is 0 Å². The Labute approximate surface area is 128 Å². The highest BCUT2D eigenvalue weighted by molar-refractivity contribution is 7.11. The molecule has 1 aromatic heterocycles. The molecule has 110 valence electrons. The van der Waals surface area contributed by atoms with E-state index in [1.165, 1.54) is 17.8 Å². The zero-order chi connectivity index (χ0) is 14.7. The van der Waals surface area contributed by atoms with Crippen LogP contribution in [0, 0.1) is 12.3 Å². The number of terminal acetylenes is 1. The summed E-state index contributed by atoms with van der Waals surface area (Å²) in [5.41, 5.74) is -0.368. The Morgan fingerprint density at radius 2 is 2.29 bits per heavy atom. The van der Waals surface area contributed by atoms with Crippen molar-refractivity contribution >= 4 is 17.2 Å². The number of hydrogen-bond acceptors (Lipinski definition) is 5. The molecular weight excluding hydrogens is 284 g/mol. The molecule has 6 heteroatoms. The molecule has 1 N–H and O–H groups in total. The molecule has 21 heavy (non-hydrogen) atoms. The van der Waals surface area contributed by atoms with Crippen LogP contribution in [0.25, 0.3) is 0 Å². The normalized spacial score (nSPS) is 18.2. The lowest BCUT2D eigenvalue weighted by Gasteiger charge is -2.08. The Morgan fingerprint density at radius 1 is 1.48 bits per heavy atom. The van der Waals surface area contributed by atoms with Crippen molar-refractivity contribution in [3.05, 3.63) is 16.1 Å². The molecule has 1 aromatic rings. The summed E-state index contributed by atoms with van der Waals surface area (Å²) in [6, 6.07) is 0. The van der Waals surface area contributed by atoms with Crippen molar-refractivity contribution in [2.75, 3.05) is 0 Å². The highest BCUT2D eigenvalue weighted by atomic mass is 32.1. The van der Waals surface area contributed by atoms with E-state index in [1.54, 1.807) is 11.3 Å². The number of nitrogens with zero attached hydrogens (tertiary/aromatic N) is 3. The molecule has 2 aliphatic rings. The van der Waals surface area contributed by atoms with Gasteiger partial charge in [-0.15, -0.1) is 23.7 Å². The number of rotatable bonds is 8. The second-order valence-corrected chi connectivity index (χ2v) is 6.75. The average molecular weight is 302 g/mol. The standard InChI is InChI=1S/C15H18N4OS/c1-2-3-7-15(18-19-15)8-6-13(20)16-9-12-10-17-14(21-12)11-4-5-11/h1,10-11H,3-9H2,(H,16,20). The third-order valence-electron chi connectivity index (χ3n) is 3.76. The van der Waals surface area contributed by atoms with E-state index in [0.717, 1.165) is 11.3 Å². The van der Waals surface area contributed by atoms with Crippen LogP contribution < -0.4 is 5.32 Å². The molecule has 1 aliphatic heterocycles. The van der Waals surface area contributed by atoms with E-state index in [2.05, 4.69) is 26.4 Å². The second-order valence-electron chi connectivity index (χ2n) is 5.60. The molecule has 0 radical (unpaired) electrons. The largest absolute Gasteiger partial charge is 0.351 e. The number of amides is 1. The predicted molar refractivity (Wildman–Crippen MR) is 80.8 cm³/mol. The van der Waals surface area contributed by atoms with Crippen molar-refractivity contribution < 1.29 is 4.79 Å². The van der Waals surface area contributed by atoms with Crippen LogP contribution in [0.3, 0.4) is 0 Å². The fraction of sp³-hybridized carbons (Fsp3) is 0.600. The first-order chi connectivity index (χ1) is 10.2. The minimum Gasteiger partial charge on any atom is -0.351 e. The van der Waals surface area contributed by atoms with Gasteiger partial charge in [0, 0.05) is 42.7 Å². The number of carbonyl (C=O) groups is 1. The number of thiazole rings is 1. The number of hydrogen-bond donors (Lipinski definition) is 1. The zero-order valence-corrected chi connectivity index (χ0v) is 12.7. The Balaban J connectivity index is 1.37. The van der Waals surface area contributed by atoms with Crippen LogP contribution in [0.2, 0.25) is 0 Å². The van der Waals surface area contributed by atoms with Gasteiger partial charge in [-0.1, -0.05) is 0 Å². The van der Waals surface area contributed by atoms with Crippen molar-refractivity contribution in [3.63, 3.8) is 0 Å². The third-order valence-corrected chi connectivity index (χ3v) is 4.92. The molecule has 1 aliphatic carbocycles. The van der Waals surface area contributed by atoms with Gasteiger partial charge in [0.2, 0.25) is 5.91 Å². The van der Waals surface area contributed by atoms with Crippen molar-refractivity contribution in [3.8, 4) is 12.3 Å². The van der Waals surface area contributed by atoms with Gasteiger partial charge in [-0.3, -0.25) is 4.79 Å². The SMILES string of the molecule is C#CCCC1(CCC(=O)NCc2cnc(C3CC3)s2)N=N1. The minimum atomic E-state index is -0.368. The molecule has 5 nitrogen and oxygen atoms in total. The van der Waals surface area contributed by atoms with Crippen molar-refractivity contribution in [2.45, 2.75) is 56.7 Å². The van der Waals surface area contributed by atoms with Gasteiger partial charge in [0.05, 0.1) is 11.6 Å². The van der Waals surface area contributed by atoms with Gasteiger partial charge in [0.15, 0.2) is 5.66 Å². The lowest BCUT2D eigenvalue weighted by molar-refractivity contribution is -0.121. The molecule has 0 atom stereocenters. The fourth-order valence-corrected chi connectivity index (χ4v) is 3.21. The maximum absolute atomic E-state index is 11.9. The maximum atomic E-state index is 11.9. The molecule has 2 heterocycles. The first-order valence-electron chi connectivity index (χ1n) is 7.30. The smallest absolute Gasteiger partial charge is 0.220 e. The van der Waals surface area contributed by atoms with Crippen LogP contribution in [0.5, 0.6) is 0 Å². The van der Waals surface area contributed by atoms with Crippen LogP contribution >= 0.6 is 11.3 Å². The first kappa shape index (κ1) is 14.2. The highest BCUT2D eigenvalue weighted by Crippen LogP contribution is 2.41. The molecule has 1 fully saturated rings.